The van der Waals surface area contributed by atoms with Crippen molar-refractivity contribution in [3.63, 3.8) is 0 Å². The van der Waals surface area contributed by atoms with Crippen molar-refractivity contribution in [3.8, 4) is 18.1 Å². The van der Waals surface area contributed by atoms with Crippen LogP contribution >= 0.6 is 0 Å². The van der Waals surface area contributed by atoms with E-state index in [0.29, 0.717) is 31.9 Å². The Morgan fingerprint density at radius 1 is 1.42 bits per heavy atom. The van der Waals surface area contributed by atoms with Crippen LogP contribution in [-0.4, -0.2) is 22.7 Å². The molecule has 1 aliphatic heterocycles. The highest BCUT2D eigenvalue weighted by molar-refractivity contribution is 5.75. The molecule has 6 nitrogen and oxygen atoms in total. The fraction of sp³-hybridized carbons (Fsp3) is 0.556. The van der Waals surface area contributed by atoms with Gasteiger partial charge in [-0.05, 0) is 25.3 Å². The summed E-state index contributed by atoms with van der Waals surface area (Å²) in [6.07, 6.45) is 13.1. The largest absolute Gasteiger partial charge is 0.490 e. The summed E-state index contributed by atoms with van der Waals surface area (Å²) in [7, 11) is 0. The molecule has 0 atom stereocenters. The predicted molar refractivity (Wildman–Crippen MR) is 89.2 cm³/mol. The third kappa shape index (κ3) is 4.54. The highest BCUT2D eigenvalue weighted by atomic mass is 16.5. The molecule has 1 fully saturated rings. The Kier molecular flexibility index (Phi) is 5.09. The molecule has 0 spiro atoms. The van der Waals surface area contributed by atoms with Gasteiger partial charge in [-0.1, -0.05) is 0 Å². The molecule has 0 saturated heterocycles. The SMILES string of the molecule is C#CCCC1(CCC(=O)NCc2cc(OC3CCC3)ccn2)N=N1. The molecule has 1 N–H and O–H groups in total. The van der Waals surface area contributed by atoms with Crippen LogP contribution in [0.5, 0.6) is 5.75 Å². The van der Waals surface area contributed by atoms with Crippen molar-refractivity contribution in [1.82, 2.24) is 10.3 Å². The number of carbonyl (C=O) groups excluding carboxylic acids is 1. The van der Waals surface area contributed by atoms with Crippen LogP contribution in [0.1, 0.15) is 50.6 Å². The first-order valence-corrected chi connectivity index (χ1v) is 8.45. The summed E-state index contributed by atoms with van der Waals surface area (Å²) in [6, 6.07) is 3.74. The van der Waals surface area contributed by atoms with Crippen LogP contribution < -0.4 is 10.1 Å². The molecule has 2 heterocycles. The van der Waals surface area contributed by atoms with E-state index in [4.69, 9.17) is 11.2 Å². The van der Waals surface area contributed by atoms with Crippen molar-refractivity contribution in [1.29, 1.82) is 0 Å². The van der Waals surface area contributed by atoms with Gasteiger partial charge in [-0.3, -0.25) is 9.78 Å². The van der Waals surface area contributed by atoms with Crippen molar-refractivity contribution in [3.05, 3.63) is 24.0 Å². The number of amides is 1. The lowest BCUT2D eigenvalue weighted by atomic mass is 9.96. The minimum atomic E-state index is -0.404. The van der Waals surface area contributed by atoms with Crippen LogP contribution in [0.15, 0.2) is 28.6 Å². The van der Waals surface area contributed by atoms with Gasteiger partial charge < -0.3 is 10.1 Å². The van der Waals surface area contributed by atoms with E-state index >= 15 is 0 Å². The van der Waals surface area contributed by atoms with E-state index in [9.17, 15) is 4.79 Å². The number of nitrogens with one attached hydrogen (secondary N) is 1. The van der Waals surface area contributed by atoms with Crippen LogP contribution in [0.4, 0.5) is 0 Å². The number of nitrogens with zero attached hydrogens (tertiary/aromatic N) is 3. The Morgan fingerprint density at radius 2 is 2.25 bits per heavy atom. The molecule has 24 heavy (non-hydrogen) atoms. The second kappa shape index (κ2) is 7.43. The summed E-state index contributed by atoms with van der Waals surface area (Å²) in [5.41, 5.74) is 0.390. The lowest BCUT2D eigenvalue weighted by molar-refractivity contribution is -0.121. The molecule has 0 aromatic carbocycles. The molecule has 126 valence electrons. The van der Waals surface area contributed by atoms with Gasteiger partial charge in [0.2, 0.25) is 5.91 Å². The predicted octanol–water partition coefficient (Wildman–Crippen LogP) is 2.98. The lowest BCUT2D eigenvalue weighted by Crippen LogP contribution is -2.26. The van der Waals surface area contributed by atoms with Crippen LogP contribution in [0.2, 0.25) is 0 Å². The van der Waals surface area contributed by atoms with Gasteiger partial charge in [0.05, 0.1) is 18.3 Å². The number of terminal acetylenes is 1. The smallest absolute Gasteiger partial charge is 0.220 e. The van der Waals surface area contributed by atoms with E-state index in [1.165, 1.54) is 6.42 Å². The molecule has 6 heteroatoms. The Balaban J connectivity index is 1.39. The van der Waals surface area contributed by atoms with Crippen molar-refractivity contribution < 1.29 is 9.53 Å². The first kappa shape index (κ1) is 16.4. The van der Waals surface area contributed by atoms with Gasteiger partial charge in [-0.2, -0.15) is 10.2 Å². The number of pyridine rings is 1. The van der Waals surface area contributed by atoms with Gasteiger partial charge in [0, 0.05) is 37.9 Å². The zero-order chi connectivity index (χ0) is 16.8. The van der Waals surface area contributed by atoms with E-state index in [0.717, 1.165) is 30.7 Å². The monoisotopic (exact) mass is 326 g/mol. The lowest BCUT2D eigenvalue weighted by Gasteiger charge is -2.26. The van der Waals surface area contributed by atoms with Gasteiger partial charge in [-0.25, -0.2) is 0 Å². The summed E-state index contributed by atoms with van der Waals surface area (Å²) < 4.78 is 5.84. The average Bonchev–Trinajstić information content (AvgIpc) is 3.33. The number of aromatic nitrogens is 1. The second-order valence-electron chi connectivity index (χ2n) is 6.32. The Morgan fingerprint density at radius 3 is 2.92 bits per heavy atom. The van der Waals surface area contributed by atoms with E-state index < -0.39 is 5.66 Å². The van der Waals surface area contributed by atoms with E-state index in [-0.39, 0.29) is 5.91 Å². The first-order valence-electron chi connectivity index (χ1n) is 8.45. The maximum absolute atomic E-state index is 12.0. The van der Waals surface area contributed by atoms with Gasteiger partial charge in [-0.15, -0.1) is 12.3 Å². The van der Waals surface area contributed by atoms with Gasteiger partial charge >= 0.3 is 0 Å². The van der Waals surface area contributed by atoms with Gasteiger partial charge in [0.15, 0.2) is 5.66 Å². The third-order valence-electron chi connectivity index (χ3n) is 4.41. The Labute approximate surface area is 142 Å². The molecular formula is C18H22N4O2. The fourth-order valence-electron chi connectivity index (χ4n) is 2.57. The second-order valence-corrected chi connectivity index (χ2v) is 6.32. The van der Waals surface area contributed by atoms with Gasteiger partial charge in [0.25, 0.3) is 0 Å². The fourth-order valence-corrected chi connectivity index (χ4v) is 2.57. The molecule has 1 aliphatic carbocycles. The first-order chi connectivity index (χ1) is 11.7. The molecule has 1 aromatic heterocycles. The zero-order valence-corrected chi connectivity index (χ0v) is 13.7. The summed E-state index contributed by atoms with van der Waals surface area (Å²) in [6.45, 7) is 0.395. The van der Waals surface area contributed by atoms with Crippen molar-refractivity contribution >= 4 is 5.91 Å². The maximum atomic E-state index is 12.0. The molecule has 0 unspecified atom stereocenters. The maximum Gasteiger partial charge on any atom is 0.220 e. The standard InChI is InChI=1S/C18H22N4O2/c1-2-3-9-18(21-22-18)10-7-17(23)20-13-14-12-16(8-11-19-14)24-15-5-4-6-15/h1,8,11-12,15H,3-7,9-10,13H2,(H,20,23). The van der Waals surface area contributed by atoms with E-state index in [2.05, 4.69) is 26.4 Å². The quantitative estimate of drug-likeness (QED) is 0.709. The topological polar surface area (TPSA) is 75.9 Å². The third-order valence-corrected chi connectivity index (χ3v) is 4.41. The molecular weight excluding hydrogens is 304 g/mol. The summed E-state index contributed by atoms with van der Waals surface area (Å²) >= 11 is 0. The summed E-state index contributed by atoms with van der Waals surface area (Å²) in [5.74, 6) is 3.38. The van der Waals surface area contributed by atoms with Crippen molar-refractivity contribution in [2.45, 2.75) is 63.3 Å². The van der Waals surface area contributed by atoms with Crippen LogP contribution in [0.3, 0.4) is 0 Å². The summed E-state index contributed by atoms with van der Waals surface area (Å²) in [4.78, 5) is 16.3. The molecule has 3 rings (SSSR count). The zero-order valence-electron chi connectivity index (χ0n) is 13.7. The molecule has 1 saturated carbocycles. The van der Waals surface area contributed by atoms with Crippen molar-refractivity contribution in [2.24, 2.45) is 10.2 Å². The van der Waals surface area contributed by atoms with Crippen LogP contribution in [-0.2, 0) is 11.3 Å². The van der Waals surface area contributed by atoms with Crippen molar-refractivity contribution in [2.75, 3.05) is 0 Å². The minimum absolute atomic E-state index is 0.0282. The number of hydrogen-bond acceptors (Lipinski definition) is 5. The highest BCUT2D eigenvalue weighted by Gasteiger charge is 2.39. The Hall–Kier alpha value is -2.42. The summed E-state index contributed by atoms with van der Waals surface area (Å²) in [5, 5.41) is 11.0. The van der Waals surface area contributed by atoms with E-state index in [1.54, 1.807) is 6.20 Å². The molecule has 0 radical (unpaired) electrons. The van der Waals surface area contributed by atoms with Crippen LogP contribution in [0.25, 0.3) is 0 Å². The van der Waals surface area contributed by atoms with Gasteiger partial charge in [0.1, 0.15) is 5.75 Å². The van der Waals surface area contributed by atoms with Crippen LogP contribution in [0, 0.1) is 12.3 Å². The minimum Gasteiger partial charge on any atom is -0.490 e. The highest BCUT2D eigenvalue weighted by Crippen LogP contribution is 2.37. The number of hydrogen-bond donors (Lipinski definition) is 1. The molecule has 0 bridgehead atoms. The number of carbonyl (C=O) groups is 1. The normalized spacial score (nSPS) is 17.6. The molecule has 2 aliphatic rings. The Bertz CT molecular complexity index is 655. The van der Waals surface area contributed by atoms with E-state index in [1.807, 2.05) is 12.1 Å². The average molecular weight is 326 g/mol. The molecule has 1 aromatic rings. The molecule has 1 amide bonds. The number of rotatable bonds is 9. The number of ether oxygens (including phenoxy) is 1.